The third-order valence-corrected chi connectivity index (χ3v) is 4.23. The molecule has 1 aliphatic carbocycles. The number of Topliss-reactive ketones (excluding diaryl/α,β-unsaturated/α-hetero) is 1. The summed E-state index contributed by atoms with van der Waals surface area (Å²) < 4.78 is 25.4. The standard InChI is InChI=1S/C12H13NO5S/c14-11(15)7-13-19(17,18)10-5-3-9(4-6-10)12(16)8-1-2-8/h3-6,8,13H,1-2,7H2,(H,14,15). The van der Waals surface area contributed by atoms with E-state index in [0.29, 0.717) is 5.56 Å². The average molecular weight is 283 g/mol. The second-order valence-electron chi connectivity index (χ2n) is 4.38. The van der Waals surface area contributed by atoms with Gasteiger partial charge in [-0.05, 0) is 25.0 Å². The Bertz CT molecular complexity index is 602. The van der Waals surface area contributed by atoms with Gasteiger partial charge in [0.1, 0.15) is 6.54 Å². The summed E-state index contributed by atoms with van der Waals surface area (Å²) in [5.41, 5.74) is 0.486. The van der Waals surface area contributed by atoms with Crippen LogP contribution >= 0.6 is 0 Å². The van der Waals surface area contributed by atoms with Crippen molar-refractivity contribution < 1.29 is 23.1 Å². The summed E-state index contributed by atoms with van der Waals surface area (Å²) in [6, 6.07) is 5.52. The predicted molar refractivity (Wildman–Crippen MR) is 66.3 cm³/mol. The van der Waals surface area contributed by atoms with Crippen LogP contribution in [0.25, 0.3) is 0 Å². The lowest BCUT2D eigenvalue weighted by atomic mass is 10.1. The number of ketones is 1. The molecule has 0 heterocycles. The molecule has 6 nitrogen and oxygen atoms in total. The number of carbonyl (C=O) groups is 2. The van der Waals surface area contributed by atoms with Gasteiger partial charge in [0.2, 0.25) is 10.0 Å². The Morgan fingerprint density at radius 1 is 1.21 bits per heavy atom. The Kier molecular flexibility index (Phi) is 3.68. The maximum Gasteiger partial charge on any atom is 0.318 e. The summed E-state index contributed by atoms with van der Waals surface area (Å²) in [4.78, 5) is 22.0. The van der Waals surface area contributed by atoms with Crippen molar-refractivity contribution in [3.8, 4) is 0 Å². The van der Waals surface area contributed by atoms with E-state index < -0.39 is 22.5 Å². The van der Waals surface area contributed by atoms with Gasteiger partial charge in [0.25, 0.3) is 0 Å². The molecule has 1 aromatic carbocycles. The summed E-state index contributed by atoms with van der Waals surface area (Å²) >= 11 is 0. The molecule has 1 saturated carbocycles. The van der Waals surface area contributed by atoms with E-state index in [2.05, 4.69) is 0 Å². The minimum absolute atomic E-state index is 0.0300. The van der Waals surface area contributed by atoms with Crippen LogP contribution in [0, 0.1) is 5.92 Å². The molecule has 0 atom stereocenters. The van der Waals surface area contributed by atoms with Crippen molar-refractivity contribution in [1.29, 1.82) is 0 Å². The number of rotatable bonds is 6. The van der Waals surface area contributed by atoms with E-state index in [9.17, 15) is 18.0 Å². The van der Waals surface area contributed by atoms with Crippen molar-refractivity contribution in [2.24, 2.45) is 5.92 Å². The van der Waals surface area contributed by atoms with Crippen molar-refractivity contribution in [3.05, 3.63) is 29.8 Å². The lowest BCUT2D eigenvalue weighted by Crippen LogP contribution is -2.29. The lowest BCUT2D eigenvalue weighted by Gasteiger charge is -2.05. The fourth-order valence-corrected chi connectivity index (χ4v) is 2.59. The molecule has 1 aliphatic rings. The van der Waals surface area contributed by atoms with Crippen LogP contribution in [-0.2, 0) is 14.8 Å². The highest BCUT2D eigenvalue weighted by atomic mass is 32.2. The molecular formula is C12H13NO5S. The van der Waals surface area contributed by atoms with Crippen molar-refractivity contribution in [2.75, 3.05) is 6.54 Å². The summed E-state index contributed by atoms with van der Waals surface area (Å²) in [6.45, 7) is -0.676. The third-order valence-electron chi connectivity index (χ3n) is 2.81. The van der Waals surface area contributed by atoms with Crippen molar-refractivity contribution in [1.82, 2.24) is 4.72 Å². The van der Waals surface area contributed by atoms with Crippen LogP contribution in [0.15, 0.2) is 29.2 Å². The number of aliphatic carboxylic acids is 1. The van der Waals surface area contributed by atoms with Gasteiger partial charge in [-0.3, -0.25) is 9.59 Å². The largest absolute Gasteiger partial charge is 0.480 e. The van der Waals surface area contributed by atoms with Crippen LogP contribution in [-0.4, -0.2) is 31.8 Å². The van der Waals surface area contributed by atoms with Gasteiger partial charge in [0.05, 0.1) is 4.90 Å². The van der Waals surface area contributed by atoms with Gasteiger partial charge in [-0.2, -0.15) is 4.72 Å². The van der Waals surface area contributed by atoms with Crippen LogP contribution in [0.2, 0.25) is 0 Å². The highest BCUT2D eigenvalue weighted by molar-refractivity contribution is 7.89. The first-order valence-electron chi connectivity index (χ1n) is 5.76. The first-order valence-corrected chi connectivity index (χ1v) is 7.24. The number of nitrogens with one attached hydrogen (secondary N) is 1. The van der Waals surface area contributed by atoms with Gasteiger partial charge in [-0.1, -0.05) is 12.1 Å². The van der Waals surface area contributed by atoms with Crippen molar-refractivity contribution in [3.63, 3.8) is 0 Å². The Hall–Kier alpha value is -1.73. The Balaban J connectivity index is 2.12. The minimum Gasteiger partial charge on any atom is -0.480 e. The molecule has 0 saturated heterocycles. The quantitative estimate of drug-likeness (QED) is 0.746. The summed E-state index contributed by atoms with van der Waals surface area (Å²) in [5.74, 6) is -1.15. The van der Waals surface area contributed by atoms with Crippen LogP contribution in [0.4, 0.5) is 0 Å². The molecule has 0 bridgehead atoms. The van der Waals surface area contributed by atoms with Gasteiger partial charge in [0, 0.05) is 11.5 Å². The molecule has 1 aromatic rings. The molecule has 1 fully saturated rings. The first kappa shape index (κ1) is 13.7. The Morgan fingerprint density at radius 3 is 2.26 bits per heavy atom. The molecule has 102 valence electrons. The molecule has 0 radical (unpaired) electrons. The summed E-state index contributed by atoms with van der Waals surface area (Å²) in [5, 5.41) is 8.44. The summed E-state index contributed by atoms with van der Waals surface area (Å²) in [7, 11) is -3.84. The van der Waals surface area contributed by atoms with E-state index in [1.54, 1.807) is 0 Å². The predicted octanol–water partition coefficient (Wildman–Crippen LogP) is 0.642. The van der Waals surface area contributed by atoms with E-state index in [-0.39, 0.29) is 16.6 Å². The second-order valence-corrected chi connectivity index (χ2v) is 6.15. The summed E-state index contributed by atoms with van der Waals surface area (Å²) in [6.07, 6.45) is 1.78. The number of benzene rings is 1. The molecule has 0 amide bonds. The van der Waals surface area contributed by atoms with E-state index in [0.717, 1.165) is 12.8 Å². The molecule has 19 heavy (non-hydrogen) atoms. The highest BCUT2D eigenvalue weighted by Crippen LogP contribution is 2.32. The monoisotopic (exact) mass is 283 g/mol. The molecule has 2 N–H and O–H groups in total. The van der Waals surface area contributed by atoms with E-state index in [1.807, 2.05) is 4.72 Å². The van der Waals surface area contributed by atoms with Crippen LogP contribution in [0.5, 0.6) is 0 Å². The highest BCUT2D eigenvalue weighted by Gasteiger charge is 2.30. The normalized spacial score (nSPS) is 15.2. The number of carboxylic acid groups (broad SMARTS) is 1. The van der Waals surface area contributed by atoms with E-state index in [1.165, 1.54) is 24.3 Å². The SMILES string of the molecule is O=C(O)CNS(=O)(=O)c1ccc(C(=O)C2CC2)cc1. The van der Waals surface area contributed by atoms with E-state index >= 15 is 0 Å². The zero-order valence-corrected chi connectivity index (χ0v) is 10.8. The molecular weight excluding hydrogens is 270 g/mol. The zero-order chi connectivity index (χ0) is 14.0. The maximum atomic E-state index is 11.7. The fraction of sp³-hybridized carbons (Fsp3) is 0.333. The molecule has 0 unspecified atom stereocenters. The van der Waals surface area contributed by atoms with Crippen LogP contribution < -0.4 is 4.72 Å². The topological polar surface area (TPSA) is 101 Å². The van der Waals surface area contributed by atoms with Gasteiger partial charge in [-0.15, -0.1) is 0 Å². The molecule has 7 heteroatoms. The smallest absolute Gasteiger partial charge is 0.318 e. The van der Waals surface area contributed by atoms with Crippen molar-refractivity contribution >= 4 is 21.8 Å². The molecule has 0 aliphatic heterocycles. The number of hydrogen-bond acceptors (Lipinski definition) is 4. The van der Waals surface area contributed by atoms with Crippen LogP contribution in [0.1, 0.15) is 23.2 Å². The lowest BCUT2D eigenvalue weighted by molar-refractivity contribution is -0.135. The number of carbonyl (C=O) groups excluding carboxylic acids is 1. The third kappa shape index (κ3) is 3.39. The van der Waals surface area contributed by atoms with Gasteiger partial charge < -0.3 is 5.11 Å². The van der Waals surface area contributed by atoms with Gasteiger partial charge in [0.15, 0.2) is 5.78 Å². The van der Waals surface area contributed by atoms with Crippen molar-refractivity contribution in [2.45, 2.75) is 17.7 Å². The van der Waals surface area contributed by atoms with Crippen LogP contribution in [0.3, 0.4) is 0 Å². The maximum absolute atomic E-state index is 11.7. The first-order chi connectivity index (χ1) is 8.90. The average Bonchev–Trinajstić information content (AvgIpc) is 3.20. The molecule has 2 rings (SSSR count). The molecule has 0 spiro atoms. The van der Waals surface area contributed by atoms with E-state index in [4.69, 9.17) is 5.11 Å². The number of carboxylic acids is 1. The molecule has 0 aromatic heterocycles. The Labute approximate surface area is 110 Å². The Morgan fingerprint density at radius 2 is 1.79 bits per heavy atom. The second kappa shape index (κ2) is 5.10. The van der Waals surface area contributed by atoms with Gasteiger partial charge in [-0.25, -0.2) is 8.42 Å². The zero-order valence-electron chi connectivity index (χ0n) is 10.00. The number of hydrogen-bond donors (Lipinski definition) is 2. The van der Waals surface area contributed by atoms with Gasteiger partial charge >= 0.3 is 5.97 Å². The fourth-order valence-electron chi connectivity index (χ4n) is 1.62. The number of sulfonamides is 1. The minimum atomic E-state index is -3.84.